The molecule has 0 unspecified atom stereocenters. The van der Waals surface area contributed by atoms with E-state index in [4.69, 9.17) is 4.74 Å². The zero-order chi connectivity index (χ0) is 19.7. The summed E-state index contributed by atoms with van der Waals surface area (Å²) in [5, 5.41) is 2.99. The maximum Gasteiger partial charge on any atom is 0.340 e. The number of aryl methyl sites for hydroxylation is 2. The lowest BCUT2D eigenvalue weighted by Crippen LogP contribution is -2.38. The molecule has 0 spiro atoms. The van der Waals surface area contributed by atoms with Crippen LogP contribution in [0.2, 0.25) is 0 Å². The Bertz CT molecular complexity index is 1060. The van der Waals surface area contributed by atoms with Gasteiger partial charge < -0.3 is 9.64 Å². The molecule has 0 N–H and O–H groups in total. The van der Waals surface area contributed by atoms with Crippen LogP contribution in [-0.2, 0) is 28.9 Å². The first kappa shape index (κ1) is 18.6. The summed E-state index contributed by atoms with van der Waals surface area (Å²) in [4.78, 5) is 33.1. The minimum absolute atomic E-state index is 0.158. The highest BCUT2D eigenvalue weighted by molar-refractivity contribution is 7.10. The molecule has 144 valence electrons. The number of thiophene rings is 1. The molecule has 0 saturated heterocycles. The van der Waals surface area contributed by atoms with Gasteiger partial charge in [-0.3, -0.25) is 9.78 Å². The second-order valence-electron chi connectivity index (χ2n) is 6.94. The molecular formula is C22H22N2O3S. The predicted octanol–water partition coefficient (Wildman–Crippen LogP) is 3.91. The average molecular weight is 394 g/mol. The second kappa shape index (κ2) is 7.72. The van der Waals surface area contributed by atoms with Gasteiger partial charge in [-0.2, -0.15) is 0 Å². The first-order valence-electron chi connectivity index (χ1n) is 9.46. The molecule has 0 fully saturated rings. The van der Waals surface area contributed by atoms with Crippen molar-refractivity contribution in [3.05, 3.63) is 63.0 Å². The summed E-state index contributed by atoms with van der Waals surface area (Å²) in [6, 6.07) is 9.81. The number of para-hydroxylation sites is 1. The number of carbonyl (C=O) groups excluding carboxylic acids is 2. The highest BCUT2D eigenvalue weighted by atomic mass is 32.1. The summed E-state index contributed by atoms with van der Waals surface area (Å²) in [7, 11) is 0. The minimum atomic E-state index is -0.478. The van der Waals surface area contributed by atoms with Crippen LogP contribution in [-0.4, -0.2) is 34.9 Å². The van der Waals surface area contributed by atoms with E-state index in [-0.39, 0.29) is 12.5 Å². The van der Waals surface area contributed by atoms with E-state index in [0.29, 0.717) is 30.8 Å². The molecule has 0 atom stereocenters. The quantitative estimate of drug-likeness (QED) is 0.630. The van der Waals surface area contributed by atoms with E-state index in [0.717, 1.165) is 22.9 Å². The molecular weight excluding hydrogens is 372 g/mol. The highest BCUT2D eigenvalue weighted by Crippen LogP contribution is 2.25. The number of aromatic nitrogens is 1. The van der Waals surface area contributed by atoms with Crippen molar-refractivity contribution >= 4 is 34.1 Å². The molecule has 0 bridgehead atoms. The number of ether oxygens (including phenoxy) is 1. The Balaban J connectivity index is 1.50. The lowest BCUT2D eigenvalue weighted by Gasteiger charge is -2.26. The molecule has 3 heterocycles. The van der Waals surface area contributed by atoms with Gasteiger partial charge in [-0.05, 0) is 48.4 Å². The standard InChI is InChI=1S/C22H22N2O3S/c1-3-17-21(14(2)16-6-4-5-7-18(16)23-17)22(26)27-13-20(25)24-10-8-19-15(12-24)9-11-28-19/h4-7,9,11H,3,8,10,12-13H2,1-2H3. The van der Waals surface area contributed by atoms with Crippen molar-refractivity contribution in [3.63, 3.8) is 0 Å². The SMILES string of the molecule is CCc1nc2ccccc2c(C)c1C(=O)OCC(=O)N1CCc2sccc2C1. The van der Waals surface area contributed by atoms with Gasteiger partial charge in [0, 0.05) is 23.4 Å². The minimum Gasteiger partial charge on any atom is -0.452 e. The van der Waals surface area contributed by atoms with E-state index < -0.39 is 5.97 Å². The number of benzene rings is 1. The fraction of sp³-hybridized carbons (Fsp3) is 0.318. The Kier molecular flexibility index (Phi) is 5.13. The largest absolute Gasteiger partial charge is 0.452 e. The van der Waals surface area contributed by atoms with Crippen molar-refractivity contribution in [3.8, 4) is 0 Å². The Labute approximate surface area is 168 Å². The Hall–Kier alpha value is -2.73. The fourth-order valence-corrected chi connectivity index (χ4v) is 4.61. The van der Waals surface area contributed by atoms with Crippen LogP contribution in [0.4, 0.5) is 0 Å². The monoisotopic (exact) mass is 394 g/mol. The van der Waals surface area contributed by atoms with Gasteiger partial charge in [-0.25, -0.2) is 4.79 Å². The zero-order valence-electron chi connectivity index (χ0n) is 16.0. The molecule has 0 radical (unpaired) electrons. The van der Waals surface area contributed by atoms with Gasteiger partial charge in [0.05, 0.1) is 16.8 Å². The normalized spacial score (nSPS) is 13.4. The third kappa shape index (κ3) is 3.40. The third-order valence-electron chi connectivity index (χ3n) is 5.25. The van der Waals surface area contributed by atoms with Crippen LogP contribution in [0, 0.1) is 6.92 Å². The first-order valence-corrected chi connectivity index (χ1v) is 10.3. The molecule has 1 amide bonds. The maximum absolute atomic E-state index is 12.8. The maximum atomic E-state index is 12.8. The smallest absolute Gasteiger partial charge is 0.340 e. The Morgan fingerprint density at radius 2 is 2.07 bits per heavy atom. The summed E-state index contributed by atoms with van der Waals surface area (Å²) in [5.41, 5.74) is 4.09. The molecule has 28 heavy (non-hydrogen) atoms. The van der Waals surface area contributed by atoms with Gasteiger partial charge in [0.15, 0.2) is 6.61 Å². The molecule has 0 aliphatic carbocycles. The summed E-state index contributed by atoms with van der Waals surface area (Å²) in [6.07, 6.45) is 1.48. The van der Waals surface area contributed by atoms with E-state index in [1.807, 2.05) is 38.1 Å². The molecule has 3 aromatic rings. The summed E-state index contributed by atoms with van der Waals surface area (Å²) >= 11 is 1.73. The van der Waals surface area contributed by atoms with Crippen molar-refractivity contribution < 1.29 is 14.3 Å². The molecule has 4 rings (SSSR count). The number of fused-ring (bicyclic) bond motifs is 2. The number of rotatable bonds is 4. The van der Waals surface area contributed by atoms with Crippen molar-refractivity contribution in [2.24, 2.45) is 0 Å². The number of amides is 1. The predicted molar refractivity (Wildman–Crippen MR) is 110 cm³/mol. The fourth-order valence-electron chi connectivity index (χ4n) is 3.72. The first-order chi connectivity index (χ1) is 13.6. The van der Waals surface area contributed by atoms with Gasteiger partial charge in [0.25, 0.3) is 5.91 Å². The second-order valence-corrected chi connectivity index (χ2v) is 7.94. The number of nitrogens with zero attached hydrogens (tertiary/aromatic N) is 2. The lowest BCUT2D eigenvalue weighted by molar-refractivity contribution is -0.135. The number of pyridine rings is 1. The lowest BCUT2D eigenvalue weighted by atomic mass is 10.0. The summed E-state index contributed by atoms with van der Waals surface area (Å²) < 4.78 is 5.42. The van der Waals surface area contributed by atoms with Crippen LogP contribution in [0.25, 0.3) is 10.9 Å². The Morgan fingerprint density at radius 3 is 2.89 bits per heavy atom. The van der Waals surface area contributed by atoms with Crippen molar-refractivity contribution in [2.75, 3.05) is 13.2 Å². The van der Waals surface area contributed by atoms with E-state index >= 15 is 0 Å². The number of hydrogen-bond acceptors (Lipinski definition) is 5. The number of hydrogen-bond donors (Lipinski definition) is 0. The molecule has 1 aromatic carbocycles. The summed E-state index contributed by atoms with van der Waals surface area (Å²) in [6.45, 7) is 4.88. The Morgan fingerprint density at radius 1 is 1.25 bits per heavy atom. The van der Waals surface area contributed by atoms with Crippen LogP contribution in [0.5, 0.6) is 0 Å². The van der Waals surface area contributed by atoms with Crippen LogP contribution >= 0.6 is 11.3 Å². The van der Waals surface area contributed by atoms with Crippen molar-refractivity contribution in [2.45, 2.75) is 33.2 Å². The van der Waals surface area contributed by atoms with E-state index in [2.05, 4.69) is 16.4 Å². The van der Waals surface area contributed by atoms with Crippen molar-refractivity contribution in [1.82, 2.24) is 9.88 Å². The van der Waals surface area contributed by atoms with Gasteiger partial charge >= 0.3 is 5.97 Å². The van der Waals surface area contributed by atoms with Gasteiger partial charge in [-0.1, -0.05) is 25.1 Å². The molecule has 1 aliphatic heterocycles. The molecule has 6 heteroatoms. The molecule has 1 aliphatic rings. The van der Waals surface area contributed by atoms with Crippen LogP contribution in [0.3, 0.4) is 0 Å². The van der Waals surface area contributed by atoms with Gasteiger partial charge in [0.1, 0.15) is 0 Å². The van der Waals surface area contributed by atoms with E-state index in [9.17, 15) is 9.59 Å². The van der Waals surface area contributed by atoms with Crippen LogP contribution in [0.15, 0.2) is 35.7 Å². The van der Waals surface area contributed by atoms with Crippen LogP contribution in [0.1, 0.15) is 39.0 Å². The van der Waals surface area contributed by atoms with E-state index in [1.165, 1.54) is 10.4 Å². The van der Waals surface area contributed by atoms with Crippen LogP contribution < -0.4 is 0 Å². The molecule has 2 aromatic heterocycles. The summed E-state index contributed by atoms with van der Waals surface area (Å²) in [5.74, 6) is -0.635. The molecule has 5 nitrogen and oxygen atoms in total. The number of carbonyl (C=O) groups is 2. The van der Waals surface area contributed by atoms with Gasteiger partial charge in [-0.15, -0.1) is 11.3 Å². The number of esters is 1. The molecule has 0 saturated carbocycles. The zero-order valence-corrected chi connectivity index (χ0v) is 16.8. The van der Waals surface area contributed by atoms with Crippen molar-refractivity contribution in [1.29, 1.82) is 0 Å². The topological polar surface area (TPSA) is 59.5 Å². The van der Waals surface area contributed by atoms with E-state index in [1.54, 1.807) is 16.2 Å². The average Bonchev–Trinajstić information content (AvgIpc) is 3.19. The van der Waals surface area contributed by atoms with Gasteiger partial charge in [0.2, 0.25) is 0 Å². The third-order valence-corrected chi connectivity index (χ3v) is 6.28. The highest BCUT2D eigenvalue weighted by Gasteiger charge is 2.24.